The van der Waals surface area contributed by atoms with Gasteiger partial charge in [0.05, 0.1) is 13.7 Å². The number of nitrogens with one attached hydrogen (secondary N) is 2. The zero-order chi connectivity index (χ0) is 18.1. The van der Waals surface area contributed by atoms with Gasteiger partial charge in [-0.2, -0.15) is 0 Å². The first-order valence-electron chi connectivity index (χ1n) is 7.94. The normalized spacial score (nSPS) is 11.2. The number of aryl methyl sites for hydroxylation is 1. The molecule has 2 rings (SSSR count). The summed E-state index contributed by atoms with van der Waals surface area (Å²) in [4.78, 5) is 17.0. The molecule has 134 valence electrons. The molecule has 0 aliphatic rings. The molecule has 0 amide bonds. The summed E-state index contributed by atoms with van der Waals surface area (Å²) in [5.74, 6) is 2.41. The summed E-state index contributed by atoms with van der Waals surface area (Å²) in [6.45, 7) is 2.96. The van der Waals surface area contributed by atoms with Crippen molar-refractivity contribution in [3.63, 3.8) is 0 Å². The molecular formula is C18H23N3O3S. The van der Waals surface area contributed by atoms with E-state index in [-0.39, 0.29) is 0 Å². The highest BCUT2D eigenvalue weighted by Crippen LogP contribution is 2.16. The van der Waals surface area contributed by atoms with Crippen LogP contribution in [0.25, 0.3) is 0 Å². The molecule has 0 saturated carbocycles. The van der Waals surface area contributed by atoms with Crippen LogP contribution in [-0.4, -0.2) is 38.4 Å². The molecule has 2 N–H and O–H groups in total. The van der Waals surface area contributed by atoms with Gasteiger partial charge < -0.3 is 19.8 Å². The monoisotopic (exact) mass is 361 g/mol. The summed E-state index contributed by atoms with van der Waals surface area (Å²) < 4.78 is 10.3. The van der Waals surface area contributed by atoms with Crippen LogP contribution in [0.5, 0.6) is 0 Å². The predicted octanol–water partition coefficient (Wildman–Crippen LogP) is 2.83. The van der Waals surface area contributed by atoms with E-state index in [9.17, 15) is 4.79 Å². The van der Waals surface area contributed by atoms with Crippen molar-refractivity contribution in [2.24, 2.45) is 4.99 Å². The van der Waals surface area contributed by atoms with Crippen LogP contribution in [0.3, 0.4) is 0 Å². The average molecular weight is 361 g/mol. The summed E-state index contributed by atoms with van der Waals surface area (Å²) in [6.07, 6.45) is 0. The second-order valence-electron chi connectivity index (χ2n) is 5.19. The second-order valence-corrected chi connectivity index (χ2v) is 6.36. The Morgan fingerprint density at radius 1 is 1.28 bits per heavy atom. The Morgan fingerprint density at radius 2 is 2.04 bits per heavy atom. The summed E-state index contributed by atoms with van der Waals surface area (Å²) in [5, 5.41) is 6.42. The lowest BCUT2D eigenvalue weighted by molar-refractivity contribution is 0.0599. The molecule has 1 heterocycles. The number of rotatable bonds is 7. The van der Waals surface area contributed by atoms with Gasteiger partial charge in [0.2, 0.25) is 0 Å². The summed E-state index contributed by atoms with van der Waals surface area (Å²) in [5.41, 5.74) is 0.446. The van der Waals surface area contributed by atoms with Crippen LogP contribution >= 0.6 is 11.8 Å². The minimum Gasteiger partial charge on any atom is -0.465 e. The highest BCUT2D eigenvalue weighted by molar-refractivity contribution is 7.99. The number of carbonyl (C=O) groups excluding carboxylic acids is 1. The molecule has 6 nitrogen and oxygen atoms in total. The molecule has 1 aromatic carbocycles. The van der Waals surface area contributed by atoms with Crippen molar-refractivity contribution in [3.8, 4) is 0 Å². The Hall–Kier alpha value is -2.41. The van der Waals surface area contributed by atoms with Gasteiger partial charge in [-0.1, -0.05) is 18.2 Å². The average Bonchev–Trinajstić information content (AvgIpc) is 3.02. The molecule has 0 radical (unpaired) electrons. The number of furan rings is 1. The van der Waals surface area contributed by atoms with Gasteiger partial charge in [-0.3, -0.25) is 4.99 Å². The molecule has 0 unspecified atom stereocenters. The number of carbonyl (C=O) groups is 1. The Labute approximate surface area is 152 Å². The highest BCUT2D eigenvalue weighted by Gasteiger charge is 2.15. The van der Waals surface area contributed by atoms with E-state index in [1.807, 2.05) is 18.2 Å². The van der Waals surface area contributed by atoms with E-state index in [1.54, 1.807) is 31.8 Å². The molecule has 7 heteroatoms. The number of ether oxygens (including phenoxy) is 1. The minimum absolute atomic E-state index is 0.395. The van der Waals surface area contributed by atoms with Crippen molar-refractivity contribution < 1.29 is 13.9 Å². The second kappa shape index (κ2) is 9.78. The predicted molar refractivity (Wildman–Crippen MR) is 100 cm³/mol. The molecule has 0 aliphatic carbocycles. The lowest BCUT2D eigenvalue weighted by Gasteiger charge is -2.10. The van der Waals surface area contributed by atoms with E-state index in [0.717, 1.165) is 12.3 Å². The number of methoxy groups -OCH3 is 1. The number of guanidine groups is 1. The Kier molecular flexibility index (Phi) is 7.40. The number of hydrogen-bond donors (Lipinski definition) is 2. The van der Waals surface area contributed by atoms with Crippen LogP contribution < -0.4 is 10.6 Å². The molecule has 1 aromatic heterocycles. The maximum Gasteiger partial charge on any atom is 0.341 e. The molecule has 0 atom stereocenters. The van der Waals surface area contributed by atoms with E-state index < -0.39 is 5.97 Å². The molecule has 0 saturated heterocycles. The topological polar surface area (TPSA) is 75.9 Å². The lowest BCUT2D eigenvalue weighted by atomic mass is 10.2. The number of nitrogens with zero attached hydrogens (tertiary/aromatic N) is 1. The van der Waals surface area contributed by atoms with Crippen molar-refractivity contribution in [3.05, 3.63) is 53.5 Å². The maximum atomic E-state index is 11.6. The van der Waals surface area contributed by atoms with Crippen LogP contribution in [0.4, 0.5) is 0 Å². The zero-order valence-electron chi connectivity index (χ0n) is 14.7. The third kappa shape index (κ3) is 5.86. The van der Waals surface area contributed by atoms with E-state index in [4.69, 9.17) is 9.15 Å². The van der Waals surface area contributed by atoms with Crippen molar-refractivity contribution in [2.75, 3.05) is 26.5 Å². The third-order valence-corrected chi connectivity index (χ3v) is 4.45. The number of aliphatic imine (C=N–C) groups is 1. The molecule has 0 spiro atoms. The molecule has 0 bridgehead atoms. The van der Waals surface area contributed by atoms with Crippen LogP contribution in [0, 0.1) is 6.92 Å². The fraction of sp³-hybridized carbons (Fsp3) is 0.333. The summed E-state index contributed by atoms with van der Waals surface area (Å²) >= 11 is 1.78. The van der Waals surface area contributed by atoms with Crippen LogP contribution in [0.15, 0.2) is 50.7 Å². The molecule has 0 aliphatic heterocycles. The van der Waals surface area contributed by atoms with Gasteiger partial charge in [0.1, 0.15) is 17.1 Å². The van der Waals surface area contributed by atoms with E-state index in [1.165, 1.54) is 12.0 Å². The van der Waals surface area contributed by atoms with Gasteiger partial charge in [0, 0.05) is 24.2 Å². The van der Waals surface area contributed by atoms with Gasteiger partial charge >= 0.3 is 5.97 Å². The van der Waals surface area contributed by atoms with E-state index in [0.29, 0.717) is 29.6 Å². The largest absolute Gasteiger partial charge is 0.465 e. The van der Waals surface area contributed by atoms with E-state index in [2.05, 4.69) is 27.8 Å². The minimum atomic E-state index is -0.395. The van der Waals surface area contributed by atoms with Gasteiger partial charge in [-0.05, 0) is 25.1 Å². The van der Waals surface area contributed by atoms with Crippen molar-refractivity contribution in [1.82, 2.24) is 10.6 Å². The van der Waals surface area contributed by atoms with Crippen LogP contribution in [-0.2, 0) is 11.3 Å². The fourth-order valence-corrected chi connectivity index (χ4v) is 2.98. The Bertz CT molecular complexity index is 714. The van der Waals surface area contributed by atoms with Gasteiger partial charge in [0.25, 0.3) is 0 Å². The van der Waals surface area contributed by atoms with E-state index >= 15 is 0 Å². The Morgan fingerprint density at radius 3 is 2.72 bits per heavy atom. The van der Waals surface area contributed by atoms with Gasteiger partial charge in [0.15, 0.2) is 5.96 Å². The van der Waals surface area contributed by atoms with Gasteiger partial charge in [-0.25, -0.2) is 4.79 Å². The van der Waals surface area contributed by atoms with Crippen molar-refractivity contribution >= 4 is 23.7 Å². The maximum absolute atomic E-state index is 11.6. The molecule has 2 aromatic rings. The lowest BCUT2D eigenvalue weighted by Crippen LogP contribution is -2.37. The number of thioether (sulfide) groups is 1. The number of hydrogen-bond acceptors (Lipinski definition) is 5. The van der Waals surface area contributed by atoms with Crippen LogP contribution in [0.1, 0.15) is 21.9 Å². The first-order valence-corrected chi connectivity index (χ1v) is 8.92. The number of benzene rings is 1. The first kappa shape index (κ1) is 18.9. The van der Waals surface area contributed by atoms with Crippen molar-refractivity contribution in [2.45, 2.75) is 18.4 Å². The quantitative estimate of drug-likeness (QED) is 0.260. The SMILES string of the molecule is CN=C(NCCSc1ccccc1)NCc1cc(C(=O)OC)c(C)o1. The number of esters is 1. The van der Waals surface area contributed by atoms with Gasteiger partial charge in [-0.15, -0.1) is 11.8 Å². The third-order valence-electron chi connectivity index (χ3n) is 3.43. The molecule has 0 fully saturated rings. The summed E-state index contributed by atoms with van der Waals surface area (Å²) in [7, 11) is 3.07. The smallest absolute Gasteiger partial charge is 0.341 e. The Balaban J connectivity index is 1.76. The first-order chi connectivity index (χ1) is 12.1. The van der Waals surface area contributed by atoms with Crippen LogP contribution in [0.2, 0.25) is 0 Å². The summed E-state index contributed by atoms with van der Waals surface area (Å²) in [6, 6.07) is 11.9. The fourth-order valence-electron chi connectivity index (χ4n) is 2.19. The van der Waals surface area contributed by atoms with Crippen molar-refractivity contribution in [1.29, 1.82) is 0 Å². The standard InChI is InChI=1S/C18H23N3O3S/c1-13-16(17(22)23-3)11-14(24-13)12-21-18(19-2)20-9-10-25-15-7-5-4-6-8-15/h4-8,11H,9-10,12H2,1-3H3,(H2,19,20,21). The molecule has 25 heavy (non-hydrogen) atoms. The zero-order valence-corrected chi connectivity index (χ0v) is 15.5. The molecular weight excluding hydrogens is 338 g/mol. The highest BCUT2D eigenvalue weighted by atomic mass is 32.2.